The van der Waals surface area contributed by atoms with Crippen LogP contribution in [0.4, 0.5) is 10.1 Å². The molecule has 0 heterocycles. The van der Waals surface area contributed by atoms with E-state index < -0.39 is 0 Å². The van der Waals surface area contributed by atoms with Crippen molar-refractivity contribution in [2.75, 3.05) is 11.9 Å². The van der Waals surface area contributed by atoms with E-state index in [1.807, 2.05) is 24.3 Å². The van der Waals surface area contributed by atoms with Crippen LogP contribution in [0, 0.1) is 5.82 Å². The number of amides is 1. The molecule has 0 saturated heterocycles. The third-order valence-electron chi connectivity index (χ3n) is 2.95. The lowest BCUT2D eigenvalue weighted by atomic mass is 10.2. The van der Waals surface area contributed by atoms with Crippen molar-refractivity contribution in [1.29, 1.82) is 0 Å². The first kappa shape index (κ1) is 15.7. The molecule has 0 radical (unpaired) electrons. The van der Waals surface area contributed by atoms with Crippen LogP contribution in [0.1, 0.15) is 12.0 Å². The van der Waals surface area contributed by atoms with E-state index in [0.717, 1.165) is 10.2 Å². The van der Waals surface area contributed by atoms with Gasteiger partial charge < -0.3 is 10.6 Å². The average Bonchev–Trinajstić information content (AvgIpc) is 2.48. The fraction of sp³-hybridized carbons (Fsp3) is 0.188. The molecule has 0 aliphatic rings. The van der Waals surface area contributed by atoms with Gasteiger partial charge in [0, 0.05) is 29.5 Å². The number of para-hydroxylation sites is 1. The van der Waals surface area contributed by atoms with E-state index in [2.05, 4.69) is 26.6 Å². The highest BCUT2D eigenvalue weighted by Crippen LogP contribution is 2.21. The molecule has 0 aliphatic carbocycles. The number of nitrogens with one attached hydrogen (secondary N) is 2. The van der Waals surface area contributed by atoms with E-state index in [1.54, 1.807) is 18.2 Å². The van der Waals surface area contributed by atoms with Gasteiger partial charge in [-0.2, -0.15) is 0 Å². The summed E-state index contributed by atoms with van der Waals surface area (Å²) in [5, 5.41) is 5.88. The predicted molar refractivity (Wildman–Crippen MR) is 85.5 cm³/mol. The highest BCUT2D eigenvalue weighted by molar-refractivity contribution is 9.10. The van der Waals surface area contributed by atoms with Crippen molar-refractivity contribution >= 4 is 27.5 Å². The molecule has 2 aromatic carbocycles. The van der Waals surface area contributed by atoms with Crippen LogP contribution < -0.4 is 10.6 Å². The molecule has 0 aliphatic heterocycles. The molecular weight excluding hydrogens is 335 g/mol. The second-order valence-electron chi connectivity index (χ2n) is 4.55. The van der Waals surface area contributed by atoms with Crippen molar-refractivity contribution in [3.63, 3.8) is 0 Å². The van der Waals surface area contributed by atoms with Crippen molar-refractivity contribution in [2.24, 2.45) is 0 Å². The highest BCUT2D eigenvalue weighted by atomic mass is 79.9. The summed E-state index contributed by atoms with van der Waals surface area (Å²) in [6, 6.07) is 14.0. The maximum Gasteiger partial charge on any atom is 0.225 e. The molecule has 0 atom stereocenters. The smallest absolute Gasteiger partial charge is 0.225 e. The Balaban J connectivity index is 1.73. The Morgan fingerprint density at radius 2 is 1.81 bits per heavy atom. The summed E-state index contributed by atoms with van der Waals surface area (Å²) in [5.41, 5.74) is 1.35. The molecule has 0 unspecified atom stereocenters. The first-order valence-corrected chi connectivity index (χ1v) is 7.44. The number of hydrogen-bond donors (Lipinski definition) is 2. The Kier molecular flexibility index (Phi) is 5.90. The standard InChI is InChI=1S/C16H16BrFN2O/c17-13-6-2-4-8-15(13)20-16(21)9-10-19-11-12-5-1-3-7-14(12)18/h1-8,19H,9-11H2,(H,20,21). The number of carbonyl (C=O) groups is 1. The second kappa shape index (κ2) is 7.90. The quantitative estimate of drug-likeness (QED) is 0.779. The molecule has 5 heteroatoms. The van der Waals surface area contributed by atoms with Crippen LogP contribution in [0.15, 0.2) is 53.0 Å². The number of anilines is 1. The van der Waals surface area contributed by atoms with E-state index in [9.17, 15) is 9.18 Å². The van der Waals surface area contributed by atoms with E-state index in [4.69, 9.17) is 0 Å². The zero-order valence-electron chi connectivity index (χ0n) is 11.4. The Morgan fingerprint density at radius 1 is 1.10 bits per heavy atom. The van der Waals surface area contributed by atoms with E-state index >= 15 is 0 Å². The van der Waals surface area contributed by atoms with Gasteiger partial charge >= 0.3 is 0 Å². The summed E-state index contributed by atoms with van der Waals surface area (Å²) in [6.45, 7) is 0.902. The summed E-state index contributed by atoms with van der Waals surface area (Å²) < 4.78 is 14.2. The zero-order chi connectivity index (χ0) is 15.1. The molecule has 0 aromatic heterocycles. The first-order valence-electron chi connectivity index (χ1n) is 6.65. The van der Waals surface area contributed by atoms with E-state index in [0.29, 0.717) is 25.1 Å². The van der Waals surface area contributed by atoms with Crippen molar-refractivity contribution < 1.29 is 9.18 Å². The first-order chi connectivity index (χ1) is 10.2. The van der Waals surface area contributed by atoms with E-state index in [-0.39, 0.29) is 11.7 Å². The topological polar surface area (TPSA) is 41.1 Å². The van der Waals surface area contributed by atoms with Crippen LogP contribution in [-0.4, -0.2) is 12.5 Å². The number of hydrogen-bond acceptors (Lipinski definition) is 2. The van der Waals surface area contributed by atoms with Crippen molar-refractivity contribution in [3.05, 3.63) is 64.4 Å². The average molecular weight is 351 g/mol. The summed E-state index contributed by atoms with van der Waals surface area (Å²) in [4.78, 5) is 11.8. The Hall–Kier alpha value is -1.72. The third-order valence-corrected chi connectivity index (χ3v) is 3.64. The SMILES string of the molecule is O=C(CCNCc1ccccc1F)Nc1ccccc1Br. The highest BCUT2D eigenvalue weighted by Gasteiger charge is 2.05. The van der Waals surface area contributed by atoms with Crippen LogP contribution in [0.25, 0.3) is 0 Å². The van der Waals surface area contributed by atoms with Gasteiger partial charge in [-0.1, -0.05) is 30.3 Å². The van der Waals surface area contributed by atoms with E-state index in [1.165, 1.54) is 6.07 Å². The minimum absolute atomic E-state index is 0.0806. The minimum Gasteiger partial charge on any atom is -0.325 e. The maximum absolute atomic E-state index is 13.4. The molecule has 1 amide bonds. The molecule has 2 N–H and O–H groups in total. The molecule has 0 saturated carbocycles. The lowest BCUT2D eigenvalue weighted by Gasteiger charge is -2.08. The zero-order valence-corrected chi connectivity index (χ0v) is 13.0. The van der Waals surface area contributed by atoms with Gasteiger partial charge in [0.15, 0.2) is 0 Å². The Labute approximate surface area is 131 Å². The van der Waals surface area contributed by atoms with Gasteiger partial charge in [0.2, 0.25) is 5.91 Å². The molecule has 21 heavy (non-hydrogen) atoms. The summed E-state index contributed by atoms with van der Waals surface area (Å²) >= 11 is 3.37. The van der Waals surface area contributed by atoms with Crippen molar-refractivity contribution in [3.8, 4) is 0 Å². The summed E-state index contributed by atoms with van der Waals surface area (Å²) in [6.07, 6.45) is 0.329. The van der Waals surface area contributed by atoms with Crippen LogP contribution in [0.2, 0.25) is 0 Å². The fourth-order valence-electron chi connectivity index (χ4n) is 1.84. The van der Waals surface area contributed by atoms with Crippen molar-refractivity contribution in [1.82, 2.24) is 5.32 Å². The van der Waals surface area contributed by atoms with Crippen LogP contribution in [0.5, 0.6) is 0 Å². The van der Waals surface area contributed by atoms with Gasteiger partial charge in [-0.25, -0.2) is 4.39 Å². The monoisotopic (exact) mass is 350 g/mol. The number of halogens is 2. The molecule has 0 fully saturated rings. The second-order valence-corrected chi connectivity index (χ2v) is 5.40. The van der Waals surface area contributed by atoms with Gasteiger partial charge in [-0.3, -0.25) is 4.79 Å². The molecular formula is C16H16BrFN2O. The lowest BCUT2D eigenvalue weighted by Crippen LogP contribution is -2.22. The number of rotatable bonds is 6. The number of carbonyl (C=O) groups excluding carboxylic acids is 1. The molecule has 3 nitrogen and oxygen atoms in total. The van der Waals surface area contributed by atoms with Crippen LogP contribution in [-0.2, 0) is 11.3 Å². The Bertz CT molecular complexity index is 619. The molecule has 2 rings (SSSR count). The molecule has 0 spiro atoms. The largest absolute Gasteiger partial charge is 0.325 e. The van der Waals surface area contributed by atoms with Gasteiger partial charge in [0.25, 0.3) is 0 Å². The van der Waals surface area contributed by atoms with Crippen LogP contribution >= 0.6 is 15.9 Å². The Morgan fingerprint density at radius 3 is 2.57 bits per heavy atom. The summed E-state index contributed by atoms with van der Waals surface area (Å²) in [7, 11) is 0. The minimum atomic E-state index is -0.234. The number of benzene rings is 2. The normalized spacial score (nSPS) is 10.4. The van der Waals surface area contributed by atoms with Gasteiger partial charge in [0.1, 0.15) is 5.82 Å². The summed E-state index contributed by atoms with van der Waals surface area (Å²) in [5.74, 6) is -0.314. The van der Waals surface area contributed by atoms with Crippen molar-refractivity contribution in [2.45, 2.75) is 13.0 Å². The molecule has 0 bridgehead atoms. The van der Waals surface area contributed by atoms with Gasteiger partial charge in [0.05, 0.1) is 5.69 Å². The van der Waals surface area contributed by atoms with Gasteiger partial charge in [-0.15, -0.1) is 0 Å². The van der Waals surface area contributed by atoms with Gasteiger partial charge in [-0.05, 0) is 34.1 Å². The molecule has 2 aromatic rings. The third kappa shape index (κ3) is 4.95. The molecule has 110 valence electrons. The fourth-order valence-corrected chi connectivity index (χ4v) is 2.23. The van der Waals surface area contributed by atoms with Crippen LogP contribution in [0.3, 0.4) is 0 Å². The predicted octanol–water partition coefficient (Wildman–Crippen LogP) is 3.71. The lowest BCUT2D eigenvalue weighted by molar-refractivity contribution is -0.116. The maximum atomic E-state index is 13.4.